The van der Waals surface area contributed by atoms with Crippen LogP contribution >= 0.6 is 0 Å². The largest absolute Gasteiger partial charge is 0.424 e. The number of aryl methyl sites for hydroxylation is 2. The molecule has 1 aliphatic rings. The van der Waals surface area contributed by atoms with Gasteiger partial charge in [0, 0.05) is 19.5 Å². The molecule has 0 bridgehead atoms. The van der Waals surface area contributed by atoms with Crippen LogP contribution in [0, 0.1) is 0 Å². The molecule has 0 amide bonds. The fraction of sp³-hybridized carbons (Fsp3) is 0.550. The number of anilines is 1. The van der Waals surface area contributed by atoms with Gasteiger partial charge in [0.1, 0.15) is 0 Å². The van der Waals surface area contributed by atoms with E-state index in [1.54, 1.807) is 12.1 Å². The molecule has 5 nitrogen and oxygen atoms in total. The second kappa shape index (κ2) is 8.25. The highest BCUT2D eigenvalue weighted by molar-refractivity contribution is 7.91. The molecule has 2 aromatic rings. The normalized spacial score (nSPS) is 15.4. The Morgan fingerprint density at radius 2 is 1.77 bits per heavy atom. The maximum atomic E-state index is 13.2. The summed E-state index contributed by atoms with van der Waals surface area (Å²) in [5, 5.41) is 0.0785. The smallest absolute Gasteiger partial charge is 0.236 e. The van der Waals surface area contributed by atoms with E-state index < -0.39 is 9.84 Å². The minimum Gasteiger partial charge on any atom is -0.424 e. The molecule has 1 aromatic carbocycles. The average Bonchev–Trinajstić information content (AvgIpc) is 3.12. The highest BCUT2D eigenvalue weighted by atomic mass is 32.2. The van der Waals surface area contributed by atoms with E-state index in [0.717, 1.165) is 50.8 Å². The maximum Gasteiger partial charge on any atom is 0.236 e. The Hall–Kier alpha value is -1.82. The van der Waals surface area contributed by atoms with E-state index in [-0.39, 0.29) is 9.92 Å². The molecule has 0 N–H and O–H groups in total. The van der Waals surface area contributed by atoms with Gasteiger partial charge in [-0.25, -0.2) is 8.42 Å². The predicted octanol–water partition coefficient (Wildman–Crippen LogP) is 4.40. The van der Waals surface area contributed by atoms with Gasteiger partial charge >= 0.3 is 0 Å². The molecule has 0 radical (unpaired) electrons. The van der Waals surface area contributed by atoms with Gasteiger partial charge in [0.05, 0.1) is 4.90 Å². The van der Waals surface area contributed by atoms with Gasteiger partial charge in [-0.2, -0.15) is 4.98 Å². The highest BCUT2D eigenvalue weighted by Gasteiger charge is 2.31. The van der Waals surface area contributed by atoms with Crippen molar-refractivity contribution in [3.63, 3.8) is 0 Å². The van der Waals surface area contributed by atoms with Crippen molar-refractivity contribution >= 4 is 15.7 Å². The van der Waals surface area contributed by atoms with Crippen LogP contribution in [-0.4, -0.2) is 26.5 Å². The number of unbranched alkanes of at least 4 members (excludes halogenated alkanes) is 1. The topological polar surface area (TPSA) is 63.4 Å². The average molecular weight is 377 g/mol. The molecule has 0 aliphatic carbocycles. The lowest BCUT2D eigenvalue weighted by Crippen LogP contribution is -2.30. The van der Waals surface area contributed by atoms with Gasteiger partial charge in [-0.15, -0.1) is 0 Å². The van der Waals surface area contributed by atoms with Gasteiger partial charge in [-0.3, -0.25) is 0 Å². The van der Waals surface area contributed by atoms with Gasteiger partial charge in [0.25, 0.3) is 0 Å². The second-order valence-corrected chi connectivity index (χ2v) is 8.74. The molecule has 3 rings (SSSR count). The Morgan fingerprint density at radius 3 is 2.38 bits per heavy atom. The molecule has 1 saturated heterocycles. The first-order valence-electron chi connectivity index (χ1n) is 9.65. The number of piperidine rings is 1. The summed E-state index contributed by atoms with van der Waals surface area (Å²) in [5.41, 5.74) is 1.11. The number of nitrogens with zero attached hydrogens (tertiary/aromatic N) is 2. The van der Waals surface area contributed by atoms with Crippen molar-refractivity contribution in [2.75, 3.05) is 18.0 Å². The van der Waals surface area contributed by atoms with Crippen molar-refractivity contribution in [1.82, 2.24) is 4.98 Å². The van der Waals surface area contributed by atoms with Crippen LogP contribution < -0.4 is 4.90 Å². The van der Waals surface area contributed by atoms with Gasteiger partial charge < -0.3 is 9.32 Å². The van der Waals surface area contributed by atoms with Crippen LogP contribution in [0.1, 0.15) is 57.4 Å². The summed E-state index contributed by atoms with van der Waals surface area (Å²) in [5.74, 6) is 0.951. The van der Waals surface area contributed by atoms with Crippen LogP contribution in [0.3, 0.4) is 0 Å². The molecule has 6 heteroatoms. The molecule has 0 unspecified atom stereocenters. The van der Waals surface area contributed by atoms with Crippen LogP contribution in [-0.2, 0) is 22.7 Å². The molecule has 1 aliphatic heterocycles. The van der Waals surface area contributed by atoms with Crippen molar-refractivity contribution in [2.24, 2.45) is 0 Å². The standard InChI is InChI=1S/C20H28N2O3S/c1-3-5-9-18-21-19(20(25-18)22-14-7-6-8-15-22)26(23,24)17-12-10-16(4-2)11-13-17/h10-13H,3-9,14-15H2,1-2H3. The van der Waals surface area contributed by atoms with Crippen LogP contribution in [0.25, 0.3) is 0 Å². The van der Waals surface area contributed by atoms with E-state index in [4.69, 9.17) is 4.42 Å². The van der Waals surface area contributed by atoms with Gasteiger partial charge in [0.15, 0.2) is 5.89 Å². The summed E-state index contributed by atoms with van der Waals surface area (Å²) in [7, 11) is -3.69. The van der Waals surface area contributed by atoms with E-state index in [2.05, 4.69) is 18.8 Å². The van der Waals surface area contributed by atoms with Crippen LogP contribution in [0.5, 0.6) is 0 Å². The number of sulfone groups is 1. The minimum atomic E-state index is -3.69. The Balaban J connectivity index is 2.00. The molecular weight excluding hydrogens is 348 g/mol. The molecular formula is C20H28N2O3S. The number of rotatable bonds is 7. The molecule has 1 aromatic heterocycles. The minimum absolute atomic E-state index is 0.0785. The molecule has 26 heavy (non-hydrogen) atoms. The zero-order valence-corrected chi connectivity index (χ0v) is 16.5. The first kappa shape index (κ1) is 19.0. The van der Waals surface area contributed by atoms with Gasteiger partial charge in [-0.1, -0.05) is 32.4 Å². The number of benzene rings is 1. The number of hydrogen-bond donors (Lipinski definition) is 0. The third-order valence-electron chi connectivity index (χ3n) is 4.91. The maximum absolute atomic E-state index is 13.2. The van der Waals surface area contributed by atoms with Gasteiger partial charge in [-0.05, 0) is 49.8 Å². The number of oxazole rings is 1. The zero-order chi connectivity index (χ0) is 18.6. The molecule has 2 heterocycles. The number of hydrogen-bond acceptors (Lipinski definition) is 5. The molecule has 0 spiro atoms. The van der Waals surface area contributed by atoms with Gasteiger partial charge in [0.2, 0.25) is 20.7 Å². The summed E-state index contributed by atoms with van der Waals surface area (Å²) in [6.45, 7) is 5.79. The van der Waals surface area contributed by atoms with Crippen LogP contribution in [0.4, 0.5) is 5.88 Å². The lowest BCUT2D eigenvalue weighted by molar-refractivity contribution is 0.457. The first-order valence-corrected chi connectivity index (χ1v) is 11.1. The summed E-state index contributed by atoms with van der Waals surface area (Å²) < 4.78 is 32.4. The Kier molecular flexibility index (Phi) is 6.01. The van der Waals surface area contributed by atoms with E-state index in [9.17, 15) is 8.42 Å². The predicted molar refractivity (Wildman–Crippen MR) is 102 cm³/mol. The molecule has 142 valence electrons. The molecule has 0 saturated carbocycles. The summed E-state index contributed by atoms with van der Waals surface area (Å²) in [6.07, 6.45) is 6.78. The zero-order valence-electron chi connectivity index (χ0n) is 15.7. The quantitative estimate of drug-likeness (QED) is 0.716. The van der Waals surface area contributed by atoms with Crippen molar-refractivity contribution in [3.8, 4) is 0 Å². The summed E-state index contributed by atoms with van der Waals surface area (Å²) in [6, 6.07) is 7.08. The second-order valence-electron chi connectivity index (χ2n) is 6.87. The number of aromatic nitrogens is 1. The first-order chi connectivity index (χ1) is 12.6. The lowest BCUT2D eigenvalue weighted by Gasteiger charge is -2.26. The summed E-state index contributed by atoms with van der Waals surface area (Å²) in [4.78, 5) is 6.74. The SMILES string of the molecule is CCCCc1nc(S(=O)(=O)c2ccc(CC)cc2)c(N2CCCCC2)o1. The Labute approximate surface area is 156 Å². The van der Waals surface area contributed by atoms with E-state index in [1.807, 2.05) is 17.0 Å². The van der Waals surface area contributed by atoms with Crippen molar-refractivity contribution in [2.45, 2.75) is 68.7 Å². The van der Waals surface area contributed by atoms with Crippen molar-refractivity contribution in [3.05, 3.63) is 35.7 Å². The fourth-order valence-corrected chi connectivity index (χ4v) is 4.60. The summed E-state index contributed by atoms with van der Waals surface area (Å²) >= 11 is 0. The Bertz CT molecular complexity index is 819. The fourth-order valence-electron chi connectivity index (χ4n) is 3.26. The molecule has 0 atom stereocenters. The van der Waals surface area contributed by atoms with E-state index in [0.29, 0.717) is 18.2 Å². The third kappa shape index (κ3) is 3.95. The lowest BCUT2D eigenvalue weighted by atomic mass is 10.1. The van der Waals surface area contributed by atoms with E-state index in [1.165, 1.54) is 6.42 Å². The highest BCUT2D eigenvalue weighted by Crippen LogP contribution is 2.33. The monoisotopic (exact) mass is 376 g/mol. The van der Waals surface area contributed by atoms with Crippen LogP contribution in [0.2, 0.25) is 0 Å². The third-order valence-corrected chi connectivity index (χ3v) is 6.58. The molecule has 1 fully saturated rings. The van der Waals surface area contributed by atoms with Crippen molar-refractivity contribution < 1.29 is 12.8 Å². The van der Waals surface area contributed by atoms with Crippen molar-refractivity contribution in [1.29, 1.82) is 0 Å². The Morgan fingerprint density at radius 1 is 1.08 bits per heavy atom. The van der Waals surface area contributed by atoms with Crippen LogP contribution in [0.15, 0.2) is 38.6 Å². The van der Waals surface area contributed by atoms with E-state index >= 15 is 0 Å².